The van der Waals surface area contributed by atoms with Gasteiger partial charge in [-0.3, -0.25) is 4.79 Å². The predicted octanol–water partition coefficient (Wildman–Crippen LogP) is 1.17. The van der Waals surface area contributed by atoms with Crippen LogP contribution in [-0.4, -0.2) is 30.2 Å². The highest BCUT2D eigenvalue weighted by Gasteiger charge is 2.47. The zero-order chi connectivity index (χ0) is 13.2. The van der Waals surface area contributed by atoms with E-state index >= 15 is 0 Å². The molecule has 0 aromatic rings. The number of esters is 1. The van der Waals surface area contributed by atoms with Crippen molar-refractivity contribution in [2.45, 2.75) is 31.7 Å². The van der Waals surface area contributed by atoms with Crippen LogP contribution in [0.2, 0.25) is 0 Å². The van der Waals surface area contributed by atoms with Gasteiger partial charge in [-0.2, -0.15) is 13.2 Å². The standard InChI is InChI=1S/C10H12F3NO3/c1-3-5-6(4-2)17-8(15)7(5)14-9(16)10(11,12)13/h3,5-7H,1,4H2,2H3,(H,14,16)/t5-,6+,7+/m0/s1. The van der Waals surface area contributed by atoms with Gasteiger partial charge in [0.2, 0.25) is 0 Å². The summed E-state index contributed by atoms with van der Waals surface area (Å²) in [7, 11) is 0. The van der Waals surface area contributed by atoms with E-state index < -0.39 is 36.1 Å². The average molecular weight is 251 g/mol. The Kier molecular flexibility index (Phi) is 3.79. The Hall–Kier alpha value is -1.53. The van der Waals surface area contributed by atoms with Gasteiger partial charge in [0.25, 0.3) is 0 Å². The van der Waals surface area contributed by atoms with E-state index in [0.29, 0.717) is 6.42 Å². The summed E-state index contributed by atoms with van der Waals surface area (Å²) in [5.41, 5.74) is 0. The molecule has 0 bridgehead atoms. The fourth-order valence-electron chi connectivity index (χ4n) is 1.69. The molecule has 0 spiro atoms. The van der Waals surface area contributed by atoms with Crippen molar-refractivity contribution >= 4 is 11.9 Å². The first kappa shape index (κ1) is 13.5. The van der Waals surface area contributed by atoms with Gasteiger partial charge in [-0.1, -0.05) is 13.0 Å². The highest BCUT2D eigenvalue weighted by Crippen LogP contribution is 2.27. The maximum Gasteiger partial charge on any atom is 0.471 e. The summed E-state index contributed by atoms with van der Waals surface area (Å²) in [5.74, 6) is -3.65. The number of amides is 1. The lowest BCUT2D eigenvalue weighted by molar-refractivity contribution is -0.175. The maximum absolute atomic E-state index is 12.0. The molecule has 0 aromatic heterocycles. The second-order valence-electron chi connectivity index (χ2n) is 3.65. The van der Waals surface area contributed by atoms with Crippen LogP contribution in [0.4, 0.5) is 13.2 Å². The van der Waals surface area contributed by atoms with Gasteiger partial charge in [0, 0.05) is 5.92 Å². The summed E-state index contributed by atoms with van der Waals surface area (Å²) in [5, 5.41) is 1.62. The minimum absolute atomic E-state index is 0.445. The minimum atomic E-state index is -5.02. The molecule has 1 aliphatic rings. The SMILES string of the molecule is C=C[C@H]1[C@@H](CC)OC(=O)[C@@H]1NC(=O)C(F)(F)F. The number of hydrogen-bond donors (Lipinski definition) is 1. The maximum atomic E-state index is 12.0. The Labute approximate surface area is 95.8 Å². The van der Waals surface area contributed by atoms with Crippen LogP contribution in [0.5, 0.6) is 0 Å². The minimum Gasteiger partial charge on any atom is -0.460 e. The molecule has 1 saturated heterocycles. The van der Waals surface area contributed by atoms with Crippen molar-refractivity contribution in [1.82, 2.24) is 5.32 Å². The van der Waals surface area contributed by atoms with E-state index in [2.05, 4.69) is 6.58 Å². The Morgan fingerprint density at radius 2 is 2.18 bits per heavy atom. The highest BCUT2D eigenvalue weighted by molar-refractivity contribution is 5.89. The summed E-state index contributed by atoms with van der Waals surface area (Å²) < 4.78 is 41.0. The van der Waals surface area contributed by atoms with E-state index in [1.807, 2.05) is 0 Å². The lowest BCUT2D eigenvalue weighted by Crippen LogP contribution is -2.48. The lowest BCUT2D eigenvalue weighted by Gasteiger charge is -2.17. The topological polar surface area (TPSA) is 55.4 Å². The fourth-order valence-corrected chi connectivity index (χ4v) is 1.69. The third-order valence-corrected chi connectivity index (χ3v) is 2.55. The summed E-state index contributed by atoms with van der Waals surface area (Å²) in [6.07, 6.45) is -3.80. The number of ether oxygens (including phenoxy) is 1. The van der Waals surface area contributed by atoms with Gasteiger partial charge in [-0.05, 0) is 6.42 Å². The van der Waals surface area contributed by atoms with Gasteiger partial charge in [0.1, 0.15) is 12.1 Å². The number of alkyl halides is 3. The van der Waals surface area contributed by atoms with Crippen molar-refractivity contribution in [3.8, 4) is 0 Å². The van der Waals surface area contributed by atoms with Gasteiger partial charge >= 0.3 is 18.1 Å². The van der Waals surface area contributed by atoms with Crippen LogP contribution in [0.15, 0.2) is 12.7 Å². The van der Waals surface area contributed by atoms with Crippen LogP contribution in [0.25, 0.3) is 0 Å². The van der Waals surface area contributed by atoms with E-state index in [0.717, 1.165) is 0 Å². The Balaban J connectivity index is 2.79. The molecule has 0 aliphatic carbocycles. The molecule has 1 rings (SSSR count). The van der Waals surface area contributed by atoms with Gasteiger partial charge in [0.15, 0.2) is 0 Å². The molecule has 4 nitrogen and oxygen atoms in total. The Morgan fingerprint density at radius 1 is 1.59 bits per heavy atom. The highest BCUT2D eigenvalue weighted by atomic mass is 19.4. The average Bonchev–Trinajstić information content (AvgIpc) is 2.53. The van der Waals surface area contributed by atoms with Gasteiger partial charge < -0.3 is 10.1 Å². The van der Waals surface area contributed by atoms with Crippen LogP contribution in [-0.2, 0) is 14.3 Å². The zero-order valence-electron chi connectivity index (χ0n) is 9.08. The fraction of sp³-hybridized carbons (Fsp3) is 0.600. The summed E-state index contributed by atoms with van der Waals surface area (Å²) >= 11 is 0. The van der Waals surface area contributed by atoms with Crippen molar-refractivity contribution in [3.05, 3.63) is 12.7 Å². The number of carbonyl (C=O) groups is 2. The molecule has 0 unspecified atom stereocenters. The third-order valence-electron chi connectivity index (χ3n) is 2.55. The van der Waals surface area contributed by atoms with Crippen LogP contribution < -0.4 is 5.32 Å². The lowest BCUT2D eigenvalue weighted by atomic mass is 9.95. The molecule has 17 heavy (non-hydrogen) atoms. The molecular weight excluding hydrogens is 239 g/mol. The zero-order valence-corrected chi connectivity index (χ0v) is 9.08. The van der Waals surface area contributed by atoms with E-state index in [1.54, 1.807) is 12.2 Å². The quantitative estimate of drug-likeness (QED) is 0.605. The first-order chi connectivity index (χ1) is 7.81. The molecule has 1 fully saturated rings. The number of hydrogen-bond acceptors (Lipinski definition) is 3. The van der Waals surface area contributed by atoms with Crippen LogP contribution in [0.1, 0.15) is 13.3 Å². The molecule has 0 radical (unpaired) electrons. The van der Waals surface area contributed by atoms with Gasteiger partial charge in [-0.25, -0.2) is 4.79 Å². The molecule has 1 amide bonds. The van der Waals surface area contributed by atoms with Crippen molar-refractivity contribution in [1.29, 1.82) is 0 Å². The van der Waals surface area contributed by atoms with Crippen molar-refractivity contribution < 1.29 is 27.5 Å². The van der Waals surface area contributed by atoms with E-state index in [4.69, 9.17) is 4.74 Å². The van der Waals surface area contributed by atoms with E-state index in [-0.39, 0.29) is 0 Å². The number of nitrogens with one attached hydrogen (secondary N) is 1. The first-order valence-corrected chi connectivity index (χ1v) is 5.02. The number of cyclic esters (lactones) is 1. The number of carbonyl (C=O) groups excluding carboxylic acids is 2. The number of rotatable bonds is 3. The summed E-state index contributed by atoms with van der Waals surface area (Å²) in [6, 6.07) is -1.31. The summed E-state index contributed by atoms with van der Waals surface area (Å²) in [6.45, 7) is 5.15. The van der Waals surface area contributed by atoms with E-state index in [1.165, 1.54) is 6.08 Å². The first-order valence-electron chi connectivity index (χ1n) is 5.02. The summed E-state index contributed by atoms with van der Waals surface area (Å²) in [4.78, 5) is 22.1. The second-order valence-corrected chi connectivity index (χ2v) is 3.65. The smallest absolute Gasteiger partial charge is 0.460 e. The Bertz CT molecular complexity index is 340. The predicted molar refractivity (Wildman–Crippen MR) is 51.8 cm³/mol. The molecule has 0 saturated carbocycles. The second kappa shape index (κ2) is 4.77. The normalized spacial score (nSPS) is 28.7. The van der Waals surface area contributed by atoms with Gasteiger partial charge in [-0.15, -0.1) is 6.58 Å². The van der Waals surface area contributed by atoms with E-state index in [9.17, 15) is 22.8 Å². The molecule has 3 atom stereocenters. The van der Waals surface area contributed by atoms with Gasteiger partial charge in [0.05, 0.1) is 0 Å². The molecule has 1 heterocycles. The Morgan fingerprint density at radius 3 is 2.59 bits per heavy atom. The molecule has 0 aromatic carbocycles. The van der Waals surface area contributed by atoms with Crippen molar-refractivity contribution in [2.24, 2.45) is 5.92 Å². The monoisotopic (exact) mass is 251 g/mol. The number of halogens is 3. The van der Waals surface area contributed by atoms with Crippen LogP contribution in [0, 0.1) is 5.92 Å². The third kappa shape index (κ3) is 2.78. The van der Waals surface area contributed by atoms with Crippen molar-refractivity contribution in [3.63, 3.8) is 0 Å². The molecule has 1 N–H and O–H groups in total. The van der Waals surface area contributed by atoms with Crippen LogP contribution >= 0.6 is 0 Å². The molecule has 96 valence electrons. The van der Waals surface area contributed by atoms with Crippen molar-refractivity contribution in [2.75, 3.05) is 0 Å². The molecule has 1 aliphatic heterocycles. The molecular formula is C10H12F3NO3. The molecule has 7 heteroatoms. The van der Waals surface area contributed by atoms with Crippen LogP contribution in [0.3, 0.4) is 0 Å². The largest absolute Gasteiger partial charge is 0.471 e.